The van der Waals surface area contributed by atoms with E-state index in [9.17, 15) is 0 Å². The molecule has 1 aromatic rings. The fourth-order valence-electron chi connectivity index (χ4n) is 3.20. The summed E-state index contributed by atoms with van der Waals surface area (Å²) >= 11 is 0. The van der Waals surface area contributed by atoms with E-state index in [1.54, 1.807) is 0 Å². The summed E-state index contributed by atoms with van der Waals surface area (Å²) in [5.74, 6) is 1.70. The van der Waals surface area contributed by atoms with Gasteiger partial charge in [0.15, 0.2) is 0 Å². The quantitative estimate of drug-likeness (QED) is 0.789. The average molecular weight is 285 g/mol. The van der Waals surface area contributed by atoms with Crippen LogP contribution in [0.15, 0.2) is 18.2 Å². The van der Waals surface area contributed by atoms with E-state index in [0.29, 0.717) is 11.7 Å². The van der Waals surface area contributed by atoms with Crippen LogP contribution in [0.5, 0.6) is 0 Å². The van der Waals surface area contributed by atoms with Gasteiger partial charge >= 0.3 is 7.12 Å². The topological polar surface area (TPSA) is 31.4 Å². The molecule has 0 unspecified atom stereocenters. The van der Waals surface area contributed by atoms with Gasteiger partial charge in [0, 0.05) is 29.0 Å². The average Bonchev–Trinajstić information content (AvgIpc) is 3.29. The minimum Gasteiger partial charge on any atom is -0.403 e. The molecule has 4 rings (SSSR count). The summed E-state index contributed by atoms with van der Waals surface area (Å²) in [6.07, 6.45) is 3.75. The molecule has 0 amide bonds. The highest BCUT2D eigenvalue weighted by Crippen LogP contribution is 2.58. The molecule has 21 heavy (non-hydrogen) atoms. The zero-order valence-electron chi connectivity index (χ0n) is 13.4. The van der Waals surface area contributed by atoms with E-state index in [-0.39, 0.29) is 18.3 Å². The number of hydrogen-bond acceptors (Lipinski definition) is 3. The Hall–Kier alpha value is -0.865. The Bertz CT molecular complexity index is 552. The predicted octanol–water partition coefficient (Wildman–Crippen LogP) is 3.91. The minimum absolute atomic E-state index is 0.0774. The first-order valence-corrected chi connectivity index (χ1v) is 8.20. The molecule has 2 aliphatic carbocycles. The van der Waals surface area contributed by atoms with E-state index >= 15 is 0 Å². The first-order valence-electron chi connectivity index (χ1n) is 8.20. The van der Waals surface area contributed by atoms with Crippen molar-refractivity contribution in [2.45, 2.75) is 75.8 Å². The van der Waals surface area contributed by atoms with Crippen LogP contribution in [0.1, 0.15) is 70.2 Å². The van der Waals surface area contributed by atoms with Crippen molar-refractivity contribution in [1.29, 1.82) is 0 Å². The fraction of sp³-hybridized carbons (Fsp3) is 0.706. The number of nitrogens with zero attached hydrogens (tertiary/aromatic N) is 1. The van der Waals surface area contributed by atoms with Crippen LogP contribution < -0.4 is 0 Å². The molecule has 3 aliphatic rings. The summed E-state index contributed by atoms with van der Waals surface area (Å²) in [6.45, 7) is 8.49. The number of rotatable bonds is 3. The molecule has 0 bridgehead atoms. The maximum absolute atomic E-state index is 6.18. The highest BCUT2D eigenvalue weighted by Gasteiger charge is 2.60. The van der Waals surface area contributed by atoms with Crippen LogP contribution in [0.4, 0.5) is 0 Å². The molecule has 3 fully saturated rings. The molecule has 1 aromatic heterocycles. The number of hydrogen-bond donors (Lipinski definition) is 0. The van der Waals surface area contributed by atoms with Crippen molar-refractivity contribution in [3.63, 3.8) is 0 Å². The Balaban J connectivity index is 1.48. The van der Waals surface area contributed by atoms with Crippen molar-refractivity contribution in [1.82, 2.24) is 4.98 Å². The largest absolute Gasteiger partial charge is 0.461 e. The lowest BCUT2D eigenvalue weighted by atomic mass is 9.80. The highest BCUT2D eigenvalue weighted by molar-refractivity contribution is 6.49. The summed E-state index contributed by atoms with van der Waals surface area (Å²) in [4.78, 5) is 4.88. The van der Waals surface area contributed by atoms with Gasteiger partial charge in [-0.3, -0.25) is 4.98 Å². The first kappa shape index (κ1) is 13.8. The maximum atomic E-state index is 6.18. The van der Waals surface area contributed by atoms with E-state index in [0.717, 1.165) is 12.3 Å². The van der Waals surface area contributed by atoms with Gasteiger partial charge in [-0.1, -0.05) is 6.07 Å². The zero-order valence-corrected chi connectivity index (χ0v) is 13.4. The van der Waals surface area contributed by atoms with Gasteiger partial charge in [0.1, 0.15) is 0 Å². The standard InChI is InChI=1S/C17H24BNO2/c1-16(2)17(3,4)21-18(20-16)13-10-12(13)15-7-5-6-14(19-15)11-8-9-11/h5-7,11-13H,8-10H2,1-4H3/t12-,13-/m0/s1. The third kappa shape index (κ3) is 2.33. The third-order valence-corrected chi connectivity index (χ3v) is 5.63. The Labute approximate surface area is 127 Å². The molecule has 0 radical (unpaired) electrons. The van der Waals surface area contributed by atoms with Gasteiger partial charge in [-0.05, 0) is 59.1 Å². The predicted molar refractivity (Wildman–Crippen MR) is 83.4 cm³/mol. The first-order chi connectivity index (χ1) is 9.87. The number of aromatic nitrogens is 1. The lowest BCUT2D eigenvalue weighted by Crippen LogP contribution is -2.41. The molecule has 2 heterocycles. The van der Waals surface area contributed by atoms with Crippen LogP contribution in [0.25, 0.3) is 0 Å². The lowest BCUT2D eigenvalue weighted by molar-refractivity contribution is 0.00578. The fourth-order valence-corrected chi connectivity index (χ4v) is 3.20. The molecular formula is C17H24BNO2. The summed E-state index contributed by atoms with van der Waals surface area (Å²) in [6, 6.07) is 6.50. The van der Waals surface area contributed by atoms with Crippen LogP contribution in [0.3, 0.4) is 0 Å². The monoisotopic (exact) mass is 285 g/mol. The van der Waals surface area contributed by atoms with E-state index < -0.39 is 0 Å². The van der Waals surface area contributed by atoms with Gasteiger partial charge in [0.25, 0.3) is 0 Å². The SMILES string of the molecule is CC1(C)OB([C@H]2C[C@@H]2c2cccc(C3CC3)n2)OC1(C)C. The van der Waals surface area contributed by atoms with Gasteiger partial charge in [-0.2, -0.15) is 0 Å². The summed E-state index contributed by atoms with van der Waals surface area (Å²) < 4.78 is 12.4. The van der Waals surface area contributed by atoms with E-state index in [2.05, 4.69) is 45.9 Å². The molecule has 2 atom stereocenters. The molecule has 1 saturated heterocycles. The van der Waals surface area contributed by atoms with Crippen molar-refractivity contribution in [2.24, 2.45) is 0 Å². The normalized spacial score (nSPS) is 33.2. The van der Waals surface area contributed by atoms with E-state index in [1.807, 2.05) is 0 Å². The van der Waals surface area contributed by atoms with Gasteiger partial charge < -0.3 is 9.31 Å². The van der Waals surface area contributed by atoms with Gasteiger partial charge in [-0.15, -0.1) is 0 Å². The van der Waals surface area contributed by atoms with Crippen molar-refractivity contribution in [3.05, 3.63) is 29.6 Å². The van der Waals surface area contributed by atoms with Gasteiger partial charge in [-0.25, -0.2) is 0 Å². The van der Waals surface area contributed by atoms with E-state index in [1.165, 1.54) is 24.2 Å². The highest BCUT2D eigenvalue weighted by atomic mass is 16.7. The van der Waals surface area contributed by atoms with Gasteiger partial charge in [0.05, 0.1) is 11.2 Å². The van der Waals surface area contributed by atoms with Crippen LogP contribution in [0, 0.1) is 0 Å². The second kappa shape index (κ2) is 4.33. The van der Waals surface area contributed by atoms with E-state index in [4.69, 9.17) is 14.3 Å². The zero-order chi connectivity index (χ0) is 14.8. The Morgan fingerprint density at radius 1 is 1.05 bits per heavy atom. The van der Waals surface area contributed by atoms with Crippen LogP contribution >= 0.6 is 0 Å². The van der Waals surface area contributed by atoms with Crippen LogP contribution in [0.2, 0.25) is 5.82 Å². The van der Waals surface area contributed by atoms with Crippen LogP contribution in [-0.4, -0.2) is 23.3 Å². The molecule has 0 aromatic carbocycles. The summed E-state index contributed by atoms with van der Waals surface area (Å²) in [5, 5.41) is 0. The molecule has 112 valence electrons. The Morgan fingerprint density at radius 2 is 1.67 bits per heavy atom. The minimum atomic E-state index is -0.228. The van der Waals surface area contributed by atoms with Crippen molar-refractivity contribution >= 4 is 7.12 Å². The van der Waals surface area contributed by atoms with Crippen molar-refractivity contribution in [3.8, 4) is 0 Å². The second-order valence-electron chi connectivity index (χ2n) is 7.89. The third-order valence-electron chi connectivity index (χ3n) is 5.63. The molecular weight excluding hydrogens is 261 g/mol. The number of pyridine rings is 1. The molecule has 3 nitrogen and oxygen atoms in total. The smallest absolute Gasteiger partial charge is 0.403 e. The molecule has 0 spiro atoms. The van der Waals surface area contributed by atoms with Crippen molar-refractivity contribution in [2.75, 3.05) is 0 Å². The van der Waals surface area contributed by atoms with Crippen LogP contribution in [-0.2, 0) is 9.31 Å². The molecule has 1 aliphatic heterocycles. The van der Waals surface area contributed by atoms with Crippen molar-refractivity contribution < 1.29 is 9.31 Å². The van der Waals surface area contributed by atoms with Gasteiger partial charge in [0.2, 0.25) is 0 Å². The molecule has 0 N–H and O–H groups in total. The summed E-state index contributed by atoms with van der Waals surface area (Å²) in [7, 11) is -0.0774. The lowest BCUT2D eigenvalue weighted by Gasteiger charge is -2.32. The molecule has 2 saturated carbocycles. The summed E-state index contributed by atoms with van der Waals surface area (Å²) in [5.41, 5.74) is 2.06. The maximum Gasteiger partial charge on any atom is 0.461 e. The molecule has 4 heteroatoms. The Kier molecular flexibility index (Phi) is 2.84. The Morgan fingerprint density at radius 3 is 2.29 bits per heavy atom. The second-order valence-corrected chi connectivity index (χ2v) is 7.89.